The Hall–Kier alpha value is -1.70. The Kier molecular flexibility index (Phi) is 2.77. The zero-order valence-corrected chi connectivity index (χ0v) is 9.05. The number of benzene rings is 1. The highest BCUT2D eigenvalue weighted by atomic mass is 16.5. The van der Waals surface area contributed by atoms with Crippen molar-refractivity contribution < 1.29 is 4.74 Å². The Morgan fingerprint density at radius 3 is 2.20 bits per heavy atom. The maximum Gasteiger partial charge on any atom is 0.118 e. The number of hydrogen-bond acceptors (Lipinski definition) is 1. The highest BCUT2D eigenvalue weighted by Gasteiger charge is 2.05. The fraction of sp³-hybridized carbons (Fsp3) is 0.231. The summed E-state index contributed by atoms with van der Waals surface area (Å²) < 4.78 is 7.32. The van der Waals surface area contributed by atoms with E-state index in [-0.39, 0.29) is 0 Å². The third kappa shape index (κ3) is 2.04. The minimum absolute atomic E-state index is 0.367. The molecule has 0 N–H and O–H groups in total. The summed E-state index contributed by atoms with van der Waals surface area (Å²) in [6, 6.07) is 12.6. The number of nitrogens with zero attached hydrogens (tertiary/aromatic N) is 1. The molecule has 0 aliphatic carbocycles. The average Bonchev–Trinajstić information content (AvgIpc) is 2.82. The van der Waals surface area contributed by atoms with Gasteiger partial charge in [0.1, 0.15) is 5.75 Å². The van der Waals surface area contributed by atoms with Crippen molar-refractivity contribution >= 4 is 0 Å². The Bertz CT molecular complexity index is 403. The van der Waals surface area contributed by atoms with Crippen LogP contribution in [0.15, 0.2) is 48.8 Å². The van der Waals surface area contributed by atoms with E-state index in [1.165, 1.54) is 5.56 Å². The molecule has 2 heteroatoms. The molecule has 0 radical (unpaired) electrons. The van der Waals surface area contributed by atoms with E-state index in [4.69, 9.17) is 4.74 Å². The fourth-order valence-corrected chi connectivity index (χ4v) is 1.66. The van der Waals surface area contributed by atoms with E-state index in [0.29, 0.717) is 6.04 Å². The quantitative estimate of drug-likeness (QED) is 0.744. The van der Waals surface area contributed by atoms with E-state index in [2.05, 4.69) is 36.0 Å². The maximum atomic E-state index is 5.13. The van der Waals surface area contributed by atoms with Crippen molar-refractivity contribution in [2.75, 3.05) is 7.11 Å². The van der Waals surface area contributed by atoms with Crippen LogP contribution in [-0.2, 0) is 0 Å². The first-order chi connectivity index (χ1) is 7.31. The molecule has 1 aromatic heterocycles. The van der Waals surface area contributed by atoms with Crippen molar-refractivity contribution in [2.45, 2.75) is 13.0 Å². The number of ether oxygens (including phenoxy) is 1. The smallest absolute Gasteiger partial charge is 0.118 e. The van der Waals surface area contributed by atoms with Gasteiger partial charge in [0.15, 0.2) is 0 Å². The van der Waals surface area contributed by atoms with Crippen molar-refractivity contribution in [1.29, 1.82) is 0 Å². The van der Waals surface area contributed by atoms with Gasteiger partial charge in [-0.05, 0) is 36.8 Å². The summed E-state index contributed by atoms with van der Waals surface area (Å²) in [5.41, 5.74) is 1.28. The second-order valence-electron chi connectivity index (χ2n) is 3.58. The molecule has 0 bridgehead atoms. The van der Waals surface area contributed by atoms with Crippen LogP contribution in [0.1, 0.15) is 18.5 Å². The van der Waals surface area contributed by atoms with Crippen molar-refractivity contribution in [3.05, 3.63) is 54.4 Å². The van der Waals surface area contributed by atoms with Crippen molar-refractivity contribution in [3.63, 3.8) is 0 Å². The van der Waals surface area contributed by atoms with Gasteiger partial charge in [-0.3, -0.25) is 0 Å². The highest BCUT2D eigenvalue weighted by Crippen LogP contribution is 2.20. The third-order valence-electron chi connectivity index (χ3n) is 2.67. The molecule has 15 heavy (non-hydrogen) atoms. The van der Waals surface area contributed by atoms with Gasteiger partial charge < -0.3 is 9.30 Å². The molecule has 1 heterocycles. The van der Waals surface area contributed by atoms with E-state index in [1.807, 2.05) is 24.3 Å². The summed E-state index contributed by atoms with van der Waals surface area (Å²) in [5.74, 6) is 0.901. The van der Waals surface area contributed by atoms with Gasteiger partial charge in [0, 0.05) is 12.4 Å². The van der Waals surface area contributed by atoms with E-state index >= 15 is 0 Å². The number of rotatable bonds is 3. The minimum atomic E-state index is 0.367. The van der Waals surface area contributed by atoms with Gasteiger partial charge in [0.25, 0.3) is 0 Å². The normalized spacial score (nSPS) is 12.4. The molecule has 0 aliphatic heterocycles. The Morgan fingerprint density at radius 2 is 1.67 bits per heavy atom. The van der Waals surface area contributed by atoms with Crippen LogP contribution in [0.25, 0.3) is 0 Å². The van der Waals surface area contributed by atoms with E-state index < -0.39 is 0 Å². The lowest BCUT2D eigenvalue weighted by molar-refractivity contribution is 0.414. The summed E-state index contributed by atoms with van der Waals surface area (Å²) in [4.78, 5) is 0. The second kappa shape index (κ2) is 4.22. The minimum Gasteiger partial charge on any atom is -0.497 e. The predicted octanol–water partition coefficient (Wildman–Crippen LogP) is 3.11. The van der Waals surface area contributed by atoms with Crippen LogP contribution in [0, 0.1) is 0 Å². The average molecular weight is 201 g/mol. The van der Waals surface area contributed by atoms with Crippen molar-refractivity contribution in [2.24, 2.45) is 0 Å². The van der Waals surface area contributed by atoms with E-state index in [0.717, 1.165) is 5.75 Å². The molecule has 0 saturated carbocycles. The molecule has 0 aliphatic rings. The van der Waals surface area contributed by atoms with Crippen molar-refractivity contribution in [3.8, 4) is 5.75 Å². The molecule has 78 valence electrons. The SMILES string of the molecule is COc1ccc([C@@H](C)n2cccc2)cc1. The van der Waals surface area contributed by atoms with Gasteiger partial charge in [-0.15, -0.1) is 0 Å². The van der Waals surface area contributed by atoms with Gasteiger partial charge in [0.2, 0.25) is 0 Å². The first-order valence-corrected chi connectivity index (χ1v) is 5.07. The van der Waals surface area contributed by atoms with Gasteiger partial charge in [-0.1, -0.05) is 12.1 Å². The van der Waals surface area contributed by atoms with Gasteiger partial charge >= 0.3 is 0 Å². The number of aromatic nitrogens is 1. The molecule has 0 amide bonds. The molecule has 1 aromatic carbocycles. The molecule has 2 rings (SSSR count). The van der Waals surface area contributed by atoms with Crippen LogP contribution in [0.2, 0.25) is 0 Å². The molecule has 0 saturated heterocycles. The molecule has 0 spiro atoms. The lowest BCUT2D eigenvalue weighted by Gasteiger charge is -2.14. The summed E-state index contributed by atoms with van der Waals surface area (Å²) in [5, 5.41) is 0. The topological polar surface area (TPSA) is 14.2 Å². The largest absolute Gasteiger partial charge is 0.497 e. The number of methoxy groups -OCH3 is 1. The summed E-state index contributed by atoms with van der Waals surface area (Å²) in [6.07, 6.45) is 4.16. The molecular formula is C13H15NO. The molecule has 1 atom stereocenters. The van der Waals surface area contributed by atoms with Crippen LogP contribution in [0.5, 0.6) is 5.75 Å². The van der Waals surface area contributed by atoms with Crippen LogP contribution >= 0.6 is 0 Å². The van der Waals surface area contributed by atoms with Gasteiger partial charge in [-0.25, -0.2) is 0 Å². The first-order valence-electron chi connectivity index (χ1n) is 5.07. The van der Waals surface area contributed by atoms with Gasteiger partial charge in [-0.2, -0.15) is 0 Å². The Labute approximate surface area is 90.1 Å². The van der Waals surface area contributed by atoms with Crippen LogP contribution in [-0.4, -0.2) is 11.7 Å². The number of hydrogen-bond donors (Lipinski definition) is 0. The molecular weight excluding hydrogens is 186 g/mol. The van der Waals surface area contributed by atoms with Gasteiger partial charge in [0.05, 0.1) is 13.2 Å². The van der Waals surface area contributed by atoms with E-state index in [9.17, 15) is 0 Å². The van der Waals surface area contributed by atoms with Crippen LogP contribution in [0.4, 0.5) is 0 Å². The summed E-state index contributed by atoms with van der Waals surface area (Å²) in [6.45, 7) is 2.18. The summed E-state index contributed by atoms with van der Waals surface area (Å²) in [7, 11) is 1.68. The summed E-state index contributed by atoms with van der Waals surface area (Å²) >= 11 is 0. The lowest BCUT2D eigenvalue weighted by atomic mass is 10.1. The first kappa shape index (κ1) is 9.84. The Morgan fingerprint density at radius 1 is 1.07 bits per heavy atom. The molecule has 0 unspecified atom stereocenters. The third-order valence-corrected chi connectivity index (χ3v) is 2.67. The standard InChI is InChI=1S/C13H15NO/c1-11(14-9-3-4-10-14)12-5-7-13(15-2)8-6-12/h3-11H,1-2H3/t11-/m1/s1. The van der Waals surface area contributed by atoms with Crippen LogP contribution < -0.4 is 4.74 Å². The van der Waals surface area contributed by atoms with E-state index in [1.54, 1.807) is 7.11 Å². The molecule has 2 aromatic rings. The highest BCUT2D eigenvalue weighted by molar-refractivity contribution is 5.29. The monoisotopic (exact) mass is 201 g/mol. The zero-order valence-electron chi connectivity index (χ0n) is 9.05. The van der Waals surface area contributed by atoms with Crippen molar-refractivity contribution in [1.82, 2.24) is 4.57 Å². The molecule has 2 nitrogen and oxygen atoms in total. The molecule has 0 fully saturated rings. The predicted molar refractivity (Wildman–Crippen MR) is 61.2 cm³/mol. The van der Waals surface area contributed by atoms with Crippen LogP contribution in [0.3, 0.4) is 0 Å². The lowest BCUT2D eigenvalue weighted by Crippen LogP contribution is -2.03. The Balaban J connectivity index is 2.22. The fourth-order valence-electron chi connectivity index (χ4n) is 1.66. The zero-order chi connectivity index (χ0) is 10.7. The maximum absolute atomic E-state index is 5.13. The second-order valence-corrected chi connectivity index (χ2v) is 3.58.